The van der Waals surface area contributed by atoms with Crippen LogP contribution in [0.15, 0.2) is 36.0 Å². The van der Waals surface area contributed by atoms with Crippen LogP contribution in [0.3, 0.4) is 0 Å². The van der Waals surface area contributed by atoms with Crippen molar-refractivity contribution >= 4 is 5.97 Å². The molecule has 5 atom stereocenters. The van der Waals surface area contributed by atoms with E-state index in [0.717, 1.165) is 31.4 Å². The smallest absolute Gasteiger partial charge is 0.334 e. The Morgan fingerprint density at radius 2 is 2.12 bits per heavy atom. The van der Waals surface area contributed by atoms with Crippen LogP contribution in [0.1, 0.15) is 33.1 Å². The zero-order valence-electron chi connectivity index (χ0n) is 14.9. The highest BCUT2D eigenvalue weighted by Gasteiger charge is 2.64. The van der Waals surface area contributed by atoms with Gasteiger partial charge in [-0.05, 0) is 33.1 Å². The highest BCUT2D eigenvalue weighted by Crippen LogP contribution is 2.52. The normalized spacial score (nSPS) is 42.4. The first-order valence-electron chi connectivity index (χ1n) is 9.05. The SMILES string of the molecule is C=C1C[C@H]2O[C@H]2[C@@]2(CC[C@@H]3/C(=C/C=C/C(C)(C)O)C(=O)OC[C@@H]13)CO2. The van der Waals surface area contributed by atoms with Gasteiger partial charge in [0, 0.05) is 17.4 Å². The fraction of sp³-hybridized carbons (Fsp3) is 0.650. The lowest BCUT2D eigenvalue weighted by atomic mass is 9.76. The molecule has 25 heavy (non-hydrogen) atoms. The lowest BCUT2D eigenvalue weighted by Gasteiger charge is -2.34. The Morgan fingerprint density at radius 3 is 2.80 bits per heavy atom. The highest BCUT2D eigenvalue weighted by atomic mass is 16.7. The summed E-state index contributed by atoms with van der Waals surface area (Å²) in [6.07, 6.45) is 8.16. The Labute approximate surface area is 148 Å². The second-order valence-electron chi connectivity index (χ2n) is 8.30. The van der Waals surface area contributed by atoms with Crippen molar-refractivity contribution in [2.45, 2.75) is 56.5 Å². The lowest BCUT2D eigenvalue weighted by Crippen LogP contribution is -2.35. The molecule has 3 saturated heterocycles. The summed E-state index contributed by atoms with van der Waals surface area (Å²) in [7, 11) is 0. The van der Waals surface area contributed by atoms with Gasteiger partial charge < -0.3 is 19.3 Å². The van der Waals surface area contributed by atoms with E-state index in [-0.39, 0.29) is 35.6 Å². The zero-order valence-corrected chi connectivity index (χ0v) is 14.9. The maximum atomic E-state index is 12.4. The molecule has 0 unspecified atom stereocenters. The summed E-state index contributed by atoms with van der Waals surface area (Å²) >= 11 is 0. The number of fused-ring (bicyclic) bond motifs is 3. The third-order valence-electron chi connectivity index (χ3n) is 5.78. The van der Waals surface area contributed by atoms with E-state index in [9.17, 15) is 9.90 Å². The van der Waals surface area contributed by atoms with E-state index in [1.165, 1.54) is 0 Å². The van der Waals surface area contributed by atoms with Crippen LogP contribution in [-0.2, 0) is 19.0 Å². The summed E-state index contributed by atoms with van der Waals surface area (Å²) in [5.74, 6) is -0.0575. The van der Waals surface area contributed by atoms with Crippen LogP contribution >= 0.6 is 0 Å². The third-order valence-corrected chi connectivity index (χ3v) is 5.78. The van der Waals surface area contributed by atoms with Crippen molar-refractivity contribution in [3.63, 3.8) is 0 Å². The van der Waals surface area contributed by atoms with Gasteiger partial charge in [0.05, 0.1) is 24.9 Å². The molecule has 3 heterocycles. The predicted octanol–water partition coefficient (Wildman–Crippen LogP) is 2.31. The van der Waals surface area contributed by atoms with E-state index in [1.807, 2.05) is 0 Å². The molecule has 5 nitrogen and oxygen atoms in total. The minimum Gasteiger partial charge on any atom is -0.462 e. The fourth-order valence-electron chi connectivity index (χ4n) is 4.19. The molecule has 0 amide bonds. The predicted molar refractivity (Wildman–Crippen MR) is 91.8 cm³/mol. The highest BCUT2D eigenvalue weighted by molar-refractivity contribution is 5.90. The zero-order chi connectivity index (χ0) is 17.8. The Kier molecular flexibility index (Phi) is 3.94. The maximum Gasteiger partial charge on any atom is 0.334 e. The Morgan fingerprint density at radius 1 is 1.36 bits per heavy atom. The number of hydrogen-bond acceptors (Lipinski definition) is 5. The van der Waals surface area contributed by atoms with Gasteiger partial charge in [0.1, 0.15) is 11.7 Å². The van der Waals surface area contributed by atoms with E-state index < -0.39 is 5.60 Å². The quantitative estimate of drug-likeness (QED) is 0.359. The number of cyclic esters (lactones) is 1. The summed E-state index contributed by atoms with van der Waals surface area (Å²) in [4.78, 5) is 12.4. The second-order valence-corrected chi connectivity index (χ2v) is 8.30. The van der Waals surface area contributed by atoms with Crippen molar-refractivity contribution < 1.29 is 24.1 Å². The fourth-order valence-corrected chi connectivity index (χ4v) is 4.19. The Bertz CT molecular complexity index is 649. The molecule has 136 valence electrons. The van der Waals surface area contributed by atoms with Gasteiger partial charge >= 0.3 is 5.97 Å². The molecule has 0 radical (unpaired) electrons. The lowest BCUT2D eigenvalue weighted by molar-refractivity contribution is -0.144. The first kappa shape index (κ1) is 17.0. The summed E-state index contributed by atoms with van der Waals surface area (Å²) < 4.78 is 17.0. The standard InChI is InChI=1S/C20H26O5/c1-12-9-16-17(25-16)20(11-24-20)8-6-13-14(5-4-7-19(2,3)22)18(21)23-10-15(12)13/h4-5,7,13,15-17,22H,1,6,8-11H2,2-3H3/b7-4+,14-5-/t13-,15+,16-,17-,20-/m1/s1. The number of ether oxygens (including phenoxy) is 3. The summed E-state index contributed by atoms with van der Waals surface area (Å²) in [5, 5.41) is 9.84. The minimum atomic E-state index is -0.915. The number of allylic oxidation sites excluding steroid dienone is 2. The van der Waals surface area contributed by atoms with Gasteiger partial charge in [-0.1, -0.05) is 30.4 Å². The number of rotatable bonds is 2. The topological polar surface area (TPSA) is 71.6 Å². The van der Waals surface area contributed by atoms with Crippen molar-refractivity contribution in [3.05, 3.63) is 36.0 Å². The molecule has 4 aliphatic rings. The molecule has 0 aromatic carbocycles. The van der Waals surface area contributed by atoms with Gasteiger partial charge in [0.2, 0.25) is 0 Å². The van der Waals surface area contributed by atoms with Crippen LogP contribution < -0.4 is 0 Å². The van der Waals surface area contributed by atoms with Crippen LogP contribution in [0, 0.1) is 11.8 Å². The molecule has 0 bridgehead atoms. The van der Waals surface area contributed by atoms with Crippen molar-refractivity contribution in [1.82, 2.24) is 0 Å². The van der Waals surface area contributed by atoms with E-state index in [0.29, 0.717) is 12.2 Å². The molecule has 0 aromatic heterocycles. The summed E-state index contributed by atoms with van der Waals surface area (Å²) in [6.45, 7) is 8.81. The van der Waals surface area contributed by atoms with Gasteiger partial charge in [-0.3, -0.25) is 0 Å². The van der Waals surface area contributed by atoms with Crippen molar-refractivity contribution in [1.29, 1.82) is 0 Å². The maximum absolute atomic E-state index is 12.4. The van der Waals surface area contributed by atoms with Crippen molar-refractivity contribution in [2.24, 2.45) is 11.8 Å². The minimum absolute atomic E-state index is 0.0822. The summed E-state index contributed by atoms with van der Waals surface area (Å²) in [5.41, 5.74) is 0.710. The average Bonchev–Trinajstić information content (AvgIpc) is 3.41. The Balaban J connectivity index is 1.61. The number of carbonyl (C=O) groups is 1. The van der Waals surface area contributed by atoms with Gasteiger partial charge in [0.15, 0.2) is 0 Å². The molecule has 4 rings (SSSR count). The molecule has 4 fully saturated rings. The number of carbonyl (C=O) groups excluding carboxylic acids is 1. The van der Waals surface area contributed by atoms with E-state index in [1.54, 1.807) is 32.1 Å². The molecule has 1 spiro atoms. The van der Waals surface area contributed by atoms with Crippen LogP contribution in [0.25, 0.3) is 0 Å². The van der Waals surface area contributed by atoms with Crippen LogP contribution in [0.2, 0.25) is 0 Å². The number of esters is 1. The average molecular weight is 346 g/mol. The van der Waals surface area contributed by atoms with Crippen molar-refractivity contribution in [2.75, 3.05) is 13.2 Å². The second kappa shape index (κ2) is 5.79. The summed E-state index contributed by atoms with van der Waals surface area (Å²) in [6, 6.07) is 0. The van der Waals surface area contributed by atoms with Gasteiger partial charge in [-0.15, -0.1) is 0 Å². The molecule has 1 N–H and O–H groups in total. The van der Waals surface area contributed by atoms with Gasteiger partial charge in [-0.2, -0.15) is 0 Å². The molecular weight excluding hydrogens is 320 g/mol. The Hall–Kier alpha value is -1.43. The third kappa shape index (κ3) is 3.33. The first-order valence-corrected chi connectivity index (χ1v) is 9.05. The van der Waals surface area contributed by atoms with Crippen molar-refractivity contribution in [3.8, 4) is 0 Å². The number of epoxide rings is 2. The molecule has 1 saturated carbocycles. The van der Waals surface area contributed by atoms with Crippen LogP contribution in [-0.4, -0.2) is 47.7 Å². The van der Waals surface area contributed by atoms with E-state index >= 15 is 0 Å². The van der Waals surface area contributed by atoms with E-state index in [2.05, 4.69) is 6.58 Å². The van der Waals surface area contributed by atoms with E-state index in [4.69, 9.17) is 14.2 Å². The van der Waals surface area contributed by atoms with Gasteiger partial charge in [0.25, 0.3) is 0 Å². The van der Waals surface area contributed by atoms with Gasteiger partial charge in [-0.25, -0.2) is 4.79 Å². The number of hydrogen-bond donors (Lipinski definition) is 1. The molecule has 3 aliphatic heterocycles. The number of aliphatic hydroxyl groups is 1. The van der Waals surface area contributed by atoms with Crippen LogP contribution in [0.5, 0.6) is 0 Å². The molecular formula is C20H26O5. The largest absolute Gasteiger partial charge is 0.462 e. The van der Waals surface area contributed by atoms with Crippen LogP contribution in [0.4, 0.5) is 0 Å². The first-order chi connectivity index (χ1) is 11.8. The monoisotopic (exact) mass is 346 g/mol. The molecule has 5 heteroatoms. The molecule has 0 aromatic rings. The molecule has 1 aliphatic carbocycles.